The van der Waals surface area contributed by atoms with Crippen LogP contribution in [0.25, 0.3) is 10.9 Å². The number of nitrogens with zero attached hydrogens (tertiary/aromatic N) is 2. The van der Waals surface area contributed by atoms with Gasteiger partial charge < -0.3 is 10.4 Å². The van der Waals surface area contributed by atoms with Crippen LogP contribution in [0, 0.1) is 5.92 Å². The number of benzene rings is 1. The van der Waals surface area contributed by atoms with Crippen molar-refractivity contribution in [2.75, 3.05) is 13.1 Å². The molecule has 2 aromatic rings. The fourth-order valence-corrected chi connectivity index (χ4v) is 3.91. The Hall–Kier alpha value is -2.47. The van der Waals surface area contributed by atoms with E-state index in [9.17, 15) is 9.59 Å². The Kier molecular flexibility index (Phi) is 5.07. The maximum absolute atomic E-state index is 12.5. The molecule has 27 heavy (non-hydrogen) atoms. The first-order chi connectivity index (χ1) is 13.1. The fourth-order valence-electron chi connectivity index (χ4n) is 3.91. The second-order valence-corrected chi connectivity index (χ2v) is 7.83. The van der Waals surface area contributed by atoms with Gasteiger partial charge in [0.2, 0.25) is 5.91 Å². The Morgan fingerprint density at radius 1 is 1.19 bits per heavy atom. The summed E-state index contributed by atoms with van der Waals surface area (Å²) in [4.78, 5) is 30.0. The van der Waals surface area contributed by atoms with Gasteiger partial charge in [0.25, 0.3) is 0 Å². The van der Waals surface area contributed by atoms with E-state index in [1.165, 1.54) is 12.8 Å². The lowest BCUT2D eigenvalue weighted by molar-refractivity contribution is -0.140. The molecule has 0 saturated heterocycles. The van der Waals surface area contributed by atoms with Crippen molar-refractivity contribution in [3.63, 3.8) is 0 Å². The number of carbonyl (C=O) groups is 2. The van der Waals surface area contributed by atoms with Gasteiger partial charge in [-0.05, 0) is 43.2 Å². The van der Waals surface area contributed by atoms with Crippen molar-refractivity contribution in [1.29, 1.82) is 0 Å². The van der Waals surface area contributed by atoms with E-state index in [1.807, 2.05) is 30.3 Å². The quantitative estimate of drug-likeness (QED) is 0.748. The molecule has 1 amide bonds. The van der Waals surface area contributed by atoms with E-state index in [0.29, 0.717) is 12.3 Å². The molecule has 0 radical (unpaired) electrons. The van der Waals surface area contributed by atoms with Crippen LogP contribution in [-0.4, -0.2) is 52.0 Å². The Balaban J connectivity index is 1.30. The van der Waals surface area contributed by atoms with Crippen LogP contribution in [0.15, 0.2) is 36.5 Å². The zero-order valence-corrected chi connectivity index (χ0v) is 15.3. The van der Waals surface area contributed by atoms with Gasteiger partial charge in [0.05, 0.1) is 18.5 Å². The number of rotatable bonds is 8. The molecule has 6 nitrogen and oxygen atoms in total. The number of hydrogen-bond acceptors (Lipinski definition) is 4. The summed E-state index contributed by atoms with van der Waals surface area (Å²) in [6, 6.07) is 10.2. The first kappa shape index (κ1) is 17.9. The standard InChI is InChI=1S/C21H25N3O3/c25-19(9-16-4-1-3-15-5-2-8-22-21(15)16)23-17-10-18(11-17)24(13-20(26)27)12-14-6-7-14/h1-5,8,14,17-18H,6-7,9-13H2,(H,23,25)(H,26,27). The smallest absolute Gasteiger partial charge is 0.317 e. The maximum Gasteiger partial charge on any atom is 0.317 e. The van der Waals surface area contributed by atoms with Gasteiger partial charge in [-0.3, -0.25) is 19.5 Å². The Morgan fingerprint density at radius 3 is 2.70 bits per heavy atom. The van der Waals surface area contributed by atoms with Gasteiger partial charge in [-0.25, -0.2) is 0 Å². The Labute approximate surface area is 158 Å². The van der Waals surface area contributed by atoms with Crippen molar-refractivity contribution in [2.24, 2.45) is 5.92 Å². The lowest BCUT2D eigenvalue weighted by Crippen LogP contribution is -2.55. The molecule has 2 N–H and O–H groups in total. The molecule has 0 bridgehead atoms. The third kappa shape index (κ3) is 4.45. The summed E-state index contributed by atoms with van der Waals surface area (Å²) >= 11 is 0. The van der Waals surface area contributed by atoms with Crippen LogP contribution in [0.2, 0.25) is 0 Å². The van der Waals surface area contributed by atoms with Crippen molar-refractivity contribution in [3.05, 3.63) is 42.1 Å². The molecular weight excluding hydrogens is 342 g/mol. The molecule has 1 aromatic carbocycles. The molecule has 4 rings (SSSR count). The highest BCUT2D eigenvalue weighted by Gasteiger charge is 2.37. The molecule has 2 fully saturated rings. The van der Waals surface area contributed by atoms with Gasteiger partial charge >= 0.3 is 5.97 Å². The van der Waals surface area contributed by atoms with Gasteiger partial charge in [0.15, 0.2) is 0 Å². The molecule has 2 saturated carbocycles. The van der Waals surface area contributed by atoms with E-state index < -0.39 is 5.97 Å². The first-order valence-electron chi connectivity index (χ1n) is 9.66. The summed E-state index contributed by atoms with van der Waals surface area (Å²) in [6.45, 7) is 0.975. The fraction of sp³-hybridized carbons (Fsp3) is 0.476. The minimum absolute atomic E-state index is 0.00332. The van der Waals surface area contributed by atoms with Gasteiger partial charge in [-0.1, -0.05) is 24.3 Å². The van der Waals surface area contributed by atoms with Crippen molar-refractivity contribution >= 4 is 22.8 Å². The van der Waals surface area contributed by atoms with Crippen LogP contribution in [0.1, 0.15) is 31.2 Å². The van der Waals surface area contributed by atoms with Crippen LogP contribution >= 0.6 is 0 Å². The number of carboxylic acid groups (broad SMARTS) is 1. The first-order valence-corrected chi connectivity index (χ1v) is 9.66. The highest BCUT2D eigenvalue weighted by atomic mass is 16.4. The van der Waals surface area contributed by atoms with Gasteiger partial charge in [0, 0.05) is 30.2 Å². The van der Waals surface area contributed by atoms with Crippen LogP contribution in [0.4, 0.5) is 0 Å². The number of hydrogen-bond donors (Lipinski definition) is 2. The molecule has 0 spiro atoms. The van der Waals surface area contributed by atoms with E-state index in [4.69, 9.17) is 5.11 Å². The van der Waals surface area contributed by atoms with E-state index in [0.717, 1.165) is 35.9 Å². The number of para-hydroxylation sites is 1. The zero-order valence-electron chi connectivity index (χ0n) is 15.3. The number of fused-ring (bicyclic) bond motifs is 1. The molecule has 6 heteroatoms. The molecule has 0 atom stereocenters. The molecule has 0 aliphatic heterocycles. The third-order valence-corrected chi connectivity index (χ3v) is 5.59. The van der Waals surface area contributed by atoms with Crippen molar-refractivity contribution in [3.8, 4) is 0 Å². The molecule has 142 valence electrons. The maximum atomic E-state index is 12.5. The van der Waals surface area contributed by atoms with Crippen molar-refractivity contribution < 1.29 is 14.7 Å². The molecule has 2 aliphatic rings. The predicted molar refractivity (Wildman–Crippen MR) is 102 cm³/mol. The molecular formula is C21H25N3O3. The summed E-state index contributed by atoms with van der Waals surface area (Å²) in [6.07, 6.45) is 6.15. The minimum Gasteiger partial charge on any atom is -0.480 e. The summed E-state index contributed by atoms with van der Waals surface area (Å²) < 4.78 is 0. The minimum atomic E-state index is -0.772. The number of carbonyl (C=O) groups excluding carboxylic acids is 1. The predicted octanol–water partition coefficient (Wildman–Crippen LogP) is 2.22. The number of carboxylic acids is 1. The number of amides is 1. The topological polar surface area (TPSA) is 82.5 Å². The zero-order chi connectivity index (χ0) is 18.8. The largest absolute Gasteiger partial charge is 0.480 e. The van der Waals surface area contributed by atoms with Gasteiger partial charge in [0.1, 0.15) is 0 Å². The summed E-state index contributed by atoms with van der Waals surface area (Å²) in [5.74, 6) is -0.105. The van der Waals surface area contributed by atoms with E-state index >= 15 is 0 Å². The monoisotopic (exact) mass is 367 g/mol. The number of pyridine rings is 1. The van der Waals surface area contributed by atoms with Gasteiger partial charge in [-0.2, -0.15) is 0 Å². The lowest BCUT2D eigenvalue weighted by atomic mass is 9.85. The molecule has 2 aliphatic carbocycles. The number of aromatic nitrogens is 1. The van der Waals surface area contributed by atoms with Crippen LogP contribution in [-0.2, 0) is 16.0 Å². The van der Waals surface area contributed by atoms with E-state index in [2.05, 4.69) is 15.2 Å². The SMILES string of the molecule is O=C(O)CN(CC1CC1)C1CC(NC(=O)Cc2cccc3cccnc23)C1. The normalized spacial score (nSPS) is 21.8. The number of aliphatic carboxylic acids is 1. The van der Waals surface area contributed by atoms with Crippen LogP contribution < -0.4 is 5.32 Å². The van der Waals surface area contributed by atoms with Crippen molar-refractivity contribution in [1.82, 2.24) is 15.2 Å². The molecule has 1 heterocycles. The second kappa shape index (κ2) is 7.64. The third-order valence-electron chi connectivity index (χ3n) is 5.59. The van der Waals surface area contributed by atoms with Crippen LogP contribution in [0.5, 0.6) is 0 Å². The summed E-state index contributed by atoms with van der Waals surface area (Å²) in [7, 11) is 0. The highest BCUT2D eigenvalue weighted by molar-refractivity contribution is 5.87. The van der Waals surface area contributed by atoms with E-state index in [1.54, 1.807) is 6.20 Å². The van der Waals surface area contributed by atoms with Crippen molar-refractivity contribution in [2.45, 2.75) is 44.2 Å². The van der Waals surface area contributed by atoms with Crippen LogP contribution in [0.3, 0.4) is 0 Å². The second-order valence-electron chi connectivity index (χ2n) is 7.83. The van der Waals surface area contributed by atoms with E-state index in [-0.39, 0.29) is 24.5 Å². The van der Waals surface area contributed by atoms with Gasteiger partial charge in [-0.15, -0.1) is 0 Å². The average Bonchev–Trinajstić information content (AvgIpc) is 3.41. The molecule has 1 aromatic heterocycles. The molecule has 0 unspecified atom stereocenters. The summed E-state index contributed by atoms with van der Waals surface area (Å²) in [5.41, 5.74) is 1.81. The Bertz CT molecular complexity index is 838. The Morgan fingerprint density at radius 2 is 1.96 bits per heavy atom. The number of nitrogens with one attached hydrogen (secondary N) is 1. The highest BCUT2D eigenvalue weighted by Crippen LogP contribution is 2.33. The average molecular weight is 367 g/mol. The lowest BCUT2D eigenvalue weighted by Gasteiger charge is -2.42. The summed E-state index contributed by atoms with van der Waals surface area (Å²) in [5, 5.41) is 13.3.